The third-order valence-corrected chi connectivity index (χ3v) is 0. The van der Waals surface area contributed by atoms with Crippen LogP contribution in [0.3, 0.4) is 0 Å². The minimum absolute atomic E-state index is 0. The molecule has 1 nitrogen and oxygen atoms in total. The Kier molecular flexibility index (Phi) is 279. The van der Waals surface area contributed by atoms with Gasteiger partial charge in [-0.1, -0.05) is 0 Å². The zero-order valence-electron chi connectivity index (χ0n) is 2.10. The van der Waals surface area contributed by atoms with Gasteiger partial charge in [0.05, 0.1) is 0 Å². The van der Waals surface area contributed by atoms with Crippen LogP contribution in [-0.2, 0) is 39.0 Å². The van der Waals surface area contributed by atoms with Gasteiger partial charge in [-0.2, -0.15) is 0 Å². The Bertz CT molecular complexity index is 8.00. The molecule has 0 N–H and O–H groups in total. The van der Waals surface area contributed by atoms with E-state index < -0.39 is 0 Å². The fraction of sp³-hybridized carbons (Fsp3) is 0. The van der Waals surface area contributed by atoms with Gasteiger partial charge in [0.2, 0.25) is 0 Å². The van der Waals surface area contributed by atoms with Gasteiger partial charge in [-0.05, 0) is 0 Å². The molecule has 0 spiro atoms. The van der Waals surface area contributed by atoms with Gasteiger partial charge in [-0.15, -0.1) is 0 Å². The molecule has 0 aliphatic heterocycles. The summed E-state index contributed by atoms with van der Waals surface area (Å²) >= 11 is 0. The molecular formula is LiMnNiO+3. The van der Waals surface area contributed by atoms with Gasteiger partial charge in [0.25, 0.3) is 0 Å². The Labute approximate surface area is 57.8 Å². The van der Waals surface area contributed by atoms with E-state index in [-0.39, 0.29) is 57.9 Å². The molecule has 0 heterocycles. The maximum absolute atomic E-state index is 0. The maximum Gasteiger partial charge on any atom is 2.00 e. The van der Waals surface area contributed by atoms with Crippen molar-refractivity contribution < 1.29 is 57.9 Å². The van der Waals surface area contributed by atoms with Crippen molar-refractivity contribution >= 4 is 0 Å². The van der Waals surface area contributed by atoms with E-state index in [2.05, 4.69) is 0 Å². The molecule has 0 saturated heterocycles. The summed E-state index contributed by atoms with van der Waals surface area (Å²) in [6.45, 7) is 0. The van der Waals surface area contributed by atoms with Crippen molar-refractivity contribution in [2.24, 2.45) is 0 Å². The summed E-state index contributed by atoms with van der Waals surface area (Å²) in [5.74, 6) is 0. The number of hydrogen-bond acceptors (Lipinski definition) is 0. The minimum Gasteiger partial charge on any atom is -2.00 e. The Morgan fingerprint density at radius 3 is 1.00 bits per heavy atom. The predicted molar refractivity (Wildman–Crippen MR) is 0.686 cm³/mol. The molecule has 0 aliphatic carbocycles. The van der Waals surface area contributed by atoms with E-state index in [1.54, 1.807) is 0 Å². The van der Waals surface area contributed by atoms with Crippen molar-refractivity contribution in [1.82, 2.24) is 0 Å². The van der Waals surface area contributed by atoms with Crippen molar-refractivity contribution in [2.75, 3.05) is 0 Å². The third kappa shape index (κ3) is 9.57. The SMILES string of the molecule is [Li+].[Mn+2].[Ni+2].[O-2]. The number of hydrogen-bond donors (Lipinski definition) is 0. The minimum atomic E-state index is 0. The fourth-order valence-corrected chi connectivity index (χ4v) is 0. The summed E-state index contributed by atoms with van der Waals surface area (Å²) in [7, 11) is 0. The topological polar surface area (TPSA) is 28.5 Å². The average molecular weight is 137 g/mol. The first-order chi connectivity index (χ1) is 0. The molecule has 0 rings (SSSR count). The Balaban J connectivity index is 0. The average Bonchev–Trinajstić information content (AvgIpc) is 0. The Hall–Kier alpha value is 1.57. The van der Waals surface area contributed by atoms with Crippen LogP contribution in [0.15, 0.2) is 0 Å². The fourth-order valence-electron chi connectivity index (χ4n) is 0. The van der Waals surface area contributed by atoms with Gasteiger partial charge in [-0.3, -0.25) is 0 Å². The van der Waals surface area contributed by atoms with E-state index >= 15 is 0 Å². The van der Waals surface area contributed by atoms with Crippen LogP contribution < -0.4 is 18.9 Å². The molecular weight excluding hydrogens is 137 g/mol. The second kappa shape index (κ2) is 23.6. The van der Waals surface area contributed by atoms with Gasteiger partial charge >= 0.3 is 52.4 Å². The molecule has 0 saturated carbocycles. The Morgan fingerprint density at radius 2 is 1.00 bits per heavy atom. The molecule has 21 valence electrons. The van der Waals surface area contributed by atoms with Crippen LogP contribution in [0.25, 0.3) is 0 Å². The van der Waals surface area contributed by atoms with Crippen LogP contribution in [-0.4, -0.2) is 0 Å². The van der Waals surface area contributed by atoms with Crippen molar-refractivity contribution in [3.8, 4) is 0 Å². The normalized spacial score (nSPS) is 0. The first kappa shape index (κ1) is 47.2. The molecule has 0 aromatic rings. The molecule has 0 aromatic heterocycles. The van der Waals surface area contributed by atoms with Crippen LogP contribution in [0, 0.1) is 0 Å². The van der Waals surface area contributed by atoms with Crippen LogP contribution in [0.5, 0.6) is 0 Å². The molecule has 0 unspecified atom stereocenters. The first-order valence-corrected chi connectivity index (χ1v) is 0. The van der Waals surface area contributed by atoms with Crippen LogP contribution in [0.4, 0.5) is 0 Å². The first-order valence-electron chi connectivity index (χ1n) is 0. The summed E-state index contributed by atoms with van der Waals surface area (Å²) in [6, 6.07) is 0. The summed E-state index contributed by atoms with van der Waals surface area (Å²) < 4.78 is 0. The molecule has 0 fully saturated rings. The van der Waals surface area contributed by atoms with Crippen LogP contribution in [0.2, 0.25) is 0 Å². The van der Waals surface area contributed by atoms with E-state index in [4.69, 9.17) is 0 Å². The van der Waals surface area contributed by atoms with E-state index in [0.717, 1.165) is 0 Å². The van der Waals surface area contributed by atoms with Gasteiger partial charge in [0.15, 0.2) is 0 Å². The van der Waals surface area contributed by atoms with Crippen LogP contribution >= 0.6 is 0 Å². The van der Waals surface area contributed by atoms with Crippen molar-refractivity contribution in [3.63, 3.8) is 0 Å². The summed E-state index contributed by atoms with van der Waals surface area (Å²) in [5.41, 5.74) is 0. The van der Waals surface area contributed by atoms with Crippen molar-refractivity contribution in [1.29, 1.82) is 0 Å². The smallest absolute Gasteiger partial charge is 2.00 e. The monoisotopic (exact) mass is 136 g/mol. The zero-order valence-corrected chi connectivity index (χ0v) is 4.27. The summed E-state index contributed by atoms with van der Waals surface area (Å²) in [6.07, 6.45) is 0. The van der Waals surface area contributed by atoms with E-state index in [1.165, 1.54) is 0 Å². The molecule has 4 heteroatoms. The van der Waals surface area contributed by atoms with Crippen molar-refractivity contribution in [2.45, 2.75) is 0 Å². The van der Waals surface area contributed by atoms with Crippen molar-refractivity contribution in [3.05, 3.63) is 0 Å². The summed E-state index contributed by atoms with van der Waals surface area (Å²) in [4.78, 5) is 0. The summed E-state index contributed by atoms with van der Waals surface area (Å²) in [5, 5.41) is 0. The van der Waals surface area contributed by atoms with E-state index in [1.807, 2.05) is 0 Å². The third-order valence-electron chi connectivity index (χ3n) is 0. The van der Waals surface area contributed by atoms with Gasteiger partial charge < -0.3 is 5.48 Å². The van der Waals surface area contributed by atoms with E-state index in [0.29, 0.717) is 0 Å². The second-order valence-corrected chi connectivity index (χ2v) is 0. The molecule has 1 radical (unpaired) electrons. The predicted octanol–water partition coefficient (Wildman–Crippen LogP) is -3.12. The molecule has 0 amide bonds. The quantitative estimate of drug-likeness (QED) is 0.316. The largest absolute Gasteiger partial charge is 2.00 e. The molecule has 0 atom stereocenters. The standard InChI is InChI=1S/Li.Mn.Ni.O/q+1;2*+2;-2. The molecule has 0 bridgehead atoms. The molecule has 0 aliphatic rings. The van der Waals surface area contributed by atoms with Crippen LogP contribution in [0.1, 0.15) is 0 Å². The van der Waals surface area contributed by atoms with E-state index in [9.17, 15) is 0 Å². The molecule has 4 heavy (non-hydrogen) atoms. The Morgan fingerprint density at radius 1 is 1.00 bits per heavy atom. The number of rotatable bonds is 0. The van der Waals surface area contributed by atoms with Gasteiger partial charge in [0.1, 0.15) is 0 Å². The van der Waals surface area contributed by atoms with Gasteiger partial charge in [-0.25, -0.2) is 0 Å². The van der Waals surface area contributed by atoms with Gasteiger partial charge in [0, 0.05) is 0 Å². The second-order valence-electron chi connectivity index (χ2n) is 0. The molecule has 0 aromatic carbocycles. The maximum atomic E-state index is 0. The zero-order chi connectivity index (χ0) is 0.